The van der Waals surface area contributed by atoms with Crippen LogP contribution in [0.1, 0.15) is 12.5 Å². The Bertz CT molecular complexity index is 601. The maximum absolute atomic E-state index is 12.0. The summed E-state index contributed by atoms with van der Waals surface area (Å²) in [4.78, 5) is 13.1. The lowest BCUT2D eigenvalue weighted by Crippen LogP contribution is -2.33. The number of hydrogen-bond donors (Lipinski definition) is 1. The molecular formula is C18H21NO2S. The SMILES string of the molecule is Cc1cccc(OCCNC(=O)[C@@H](C)Sc2ccccc2)c1. The number of rotatable bonds is 7. The minimum atomic E-state index is -0.124. The lowest BCUT2D eigenvalue weighted by molar-refractivity contribution is -0.120. The van der Waals surface area contributed by atoms with Crippen LogP contribution >= 0.6 is 11.8 Å². The summed E-state index contributed by atoms with van der Waals surface area (Å²) in [5.41, 5.74) is 1.16. The van der Waals surface area contributed by atoms with E-state index in [0.717, 1.165) is 16.2 Å². The number of aryl methyl sites for hydroxylation is 1. The molecule has 0 fully saturated rings. The number of ether oxygens (including phenoxy) is 1. The third-order valence-corrected chi connectivity index (χ3v) is 4.20. The Kier molecular flexibility index (Phi) is 6.34. The van der Waals surface area contributed by atoms with Crippen molar-refractivity contribution in [2.75, 3.05) is 13.2 Å². The van der Waals surface area contributed by atoms with Gasteiger partial charge in [0.1, 0.15) is 12.4 Å². The van der Waals surface area contributed by atoms with Crippen LogP contribution in [0.2, 0.25) is 0 Å². The Labute approximate surface area is 136 Å². The molecule has 1 amide bonds. The minimum Gasteiger partial charge on any atom is -0.492 e. The number of hydrogen-bond acceptors (Lipinski definition) is 3. The lowest BCUT2D eigenvalue weighted by Gasteiger charge is -2.12. The maximum atomic E-state index is 12.0. The van der Waals surface area contributed by atoms with E-state index in [9.17, 15) is 4.79 Å². The maximum Gasteiger partial charge on any atom is 0.233 e. The van der Waals surface area contributed by atoms with E-state index in [2.05, 4.69) is 5.32 Å². The van der Waals surface area contributed by atoms with Gasteiger partial charge in [-0.15, -0.1) is 11.8 Å². The van der Waals surface area contributed by atoms with Crippen LogP contribution in [0.15, 0.2) is 59.5 Å². The van der Waals surface area contributed by atoms with Crippen LogP contribution in [0.5, 0.6) is 5.75 Å². The molecule has 0 unspecified atom stereocenters. The van der Waals surface area contributed by atoms with E-state index in [0.29, 0.717) is 13.2 Å². The summed E-state index contributed by atoms with van der Waals surface area (Å²) < 4.78 is 5.61. The van der Waals surface area contributed by atoms with Crippen LogP contribution in [-0.4, -0.2) is 24.3 Å². The molecule has 0 aliphatic carbocycles. The quantitative estimate of drug-likeness (QED) is 0.626. The molecule has 116 valence electrons. The second-order valence-corrected chi connectivity index (χ2v) is 6.44. The molecule has 2 rings (SSSR count). The van der Waals surface area contributed by atoms with Crippen LogP contribution in [0.25, 0.3) is 0 Å². The van der Waals surface area contributed by atoms with Gasteiger partial charge in [0.25, 0.3) is 0 Å². The van der Waals surface area contributed by atoms with Gasteiger partial charge in [-0.3, -0.25) is 4.79 Å². The van der Waals surface area contributed by atoms with E-state index in [-0.39, 0.29) is 11.2 Å². The summed E-state index contributed by atoms with van der Waals surface area (Å²) in [6, 6.07) is 17.8. The zero-order valence-corrected chi connectivity index (χ0v) is 13.7. The fraction of sp³-hybridized carbons (Fsp3) is 0.278. The minimum absolute atomic E-state index is 0.0293. The fourth-order valence-electron chi connectivity index (χ4n) is 1.95. The van der Waals surface area contributed by atoms with Gasteiger partial charge in [0.05, 0.1) is 11.8 Å². The van der Waals surface area contributed by atoms with Crippen LogP contribution in [-0.2, 0) is 4.79 Å². The molecule has 0 aliphatic rings. The van der Waals surface area contributed by atoms with Gasteiger partial charge >= 0.3 is 0 Å². The Morgan fingerprint density at radius 3 is 2.68 bits per heavy atom. The van der Waals surface area contributed by atoms with Crippen molar-refractivity contribution >= 4 is 17.7 Å². The first-order valence-corrected chi connectivity index (χ1v) is 8.22. The van der Waals surface area contributed by atoms with Crippen molar-refractivity contribution in [3.05, 3.63) is 60.2 Å². The van der Waals surface area contributed by atoms with Gasteiger partial charge in [-0.1, -0.05) is 30.3 Å². The van der Waals surface area contributed by atoms with Crippen molar-refractivity contribution in [3.63, 3.8) is 0 Å². The number of thioether (sulfide) groups is 1. The van der Waals surface area contributed by atoms with Gasteiger partial charge in [-0.05, 0) is 43.7 Å². The molecule has 0 radical (unpaired) electrons. The molecule has 0 bridgehead atoms. The van der Waals surface area contributed by atoms with Gasteiger partial charge in [-0.25, -0.2) is 0 Å². The summed E-state index contributed by atoms with van der Waals surface area (Å²) in [5.74, 6) is 0.864. The topological polar surface area (TPSA) is 38.3 Å². The highest BCUT2D eigenvalue weighted by Gasteiger charge is 2.13. The van der Waals surface area contributed by atoms with Crippen molar-refractivity contribution in [2.45, 2.75) is 24.0 Å². The first-order valence-electron chi connectivity index (χ1n) is 7.34. The number of carbonyl (C=O) groups excluding carboxylic acids is 1. The monoisotopic (exact) mass is 315 g/mol. The zero-order valence-electron chi connectivity index (χ0n) is 12.9. The zero-order chi connectivity index (χ0) is 15.8. The van der Waals surface area contributed by atoms with Crippen molar-refractivity contribution < 1.29 is 9.53 Å². The normalized spacial score (nSPS) is 11.7. The van der Waals surface area contributed by atoms with Gasteiger partial charge in [0.2, 0.25) is 5.91 Å². The highest BCUT2D eigenvalue weighted by molar-refractivity contribution is 8.00. The van der Waals surface area contributed by atoms with Crippen LogP contribution in [0.3, 0.4) is 0 Å². The van der Waals surface area contributed by atoms with Gasteiger partial charge in [0.15, 0.2) is 0 Å². The molecule has 0 heterocycles. The Morgan fingerprint density at radius 2 is 1.95 bits per heavy atom. The Hall–Kier alpha value is -1.94. The average Bonchev–Trinajstić information content (AvgIpc) is 2.52. The highest BCUT2D eigenvalue weighted by Crippen LogP contribution is 2.22. The number of benzene rings is 2. The highest BCUT2D eigenvalue weighted by atomic mass is 32.2. The molecule has 4 heteroatoms. The van der Waals surface area contributed by atoms with Crippen molar-refractivity contribution in [1.29, 1.82) is 0 Å². The summed E-state index contributed by atoms with van der Waals surface area (Å²) in [6.07, 6.45) is 0. The third-order valence-electron chi connectivity index (χ3n) is 3.08. The summed E-state index contributed by atoms with van der Waals surface area (Å²) >= 11 is 1.56. The smallest absolute Gasteiger partial charge is 0.233 e. The number of carbonyl (C=O) groups is 1. The first-order chi connectivity index (χ1) is 10.6. The first kappa shape index (κ1) is 16.4. The standard InChI is InChI=1S/C18H21NO2S/c1-14-7-6-8-16(13-14)21-12-11-19-18(20)15(2)22-17-9-4-3-5-10-17/h3-10,13,15H,11-12H2,1-2H3,(H,19,20)/t15-/m1/s1. The molecule has 0 aliphatic heterocycles. The molecule has 0 spiro atoms. The predicted molar refractivity (Wildman–Crippen MR) is 91.4 cm³/mol. The summed E-state index contributed by atoms with van der Waals surface area (Å²) in [5, 5.41) is 2.78. The molecule has 0 saturated carbocycles. The number of nitrogens with one attached hydrogen (secondary N) is 1. The van der Waals surface area contributed by atoms with Crippen molar-refractivity contribution in [2.24, 2.45) is 0 Å². The van der Waals surface area contributed by atoms with E-state index in [1.165, 1.54) is 0 Å². The average molecular weight is 315 g/mol. The van der Waals surface area contributed by atoms with Gasteiger partial charge < -0.3 is 10.1 Å². The second kappa shape index (κ2) is 8.49. The van der Waals surface area contributed by atoms with E-state index in [1.54, 1.807) is 11.8 Å². The van der Waals surface area contributed by atoms with Crippen molar-refractivity contribution in [1.82, 2.24) is 5.32 Å². The van der Waals surface area contributed by atoms with E-state index in [4.69, 9.17) is 4.74 Å². The summed E-state index contributed by atoms with van der Waals surface area (Å²) in [7, 11) is 0. The van der Waals surface area contributed by atoms with Crippen LogP contribution in [0, 0.1) is 6.92 Å². The molecule has 2 aromatic carbocycles. The fourth-order valence-corrected chi connectivity index (χ4v) is 2.86. The van der Waals surface area contributed by atoms with Crippen LogP contribution in [0.4, 0.5) is 0 Å². The molecule has 0 aromatic heterocycles. The van der Waals surface area contributed by atoms with E-state index < -0.39 is 0 Å². The second-order valence-electron chi connectivity index (χ2n) is 5.03. The predicted octanol–water partition coefficient (Wildman–Crippen LogP) is 3.67. The summed E-state index contributed by atoms with van der Waals surface area (Å²) in [6.45, 7) is 4.91. The molecule has 3 nitrogen and oxygen atoms in total. The van der Waals surface area contributed by atoms with E-state index >= 15 is 0 Å². The van der Waals surface area contributed by atoms with Crippen LogP contribution < -0.4 is 10.1 Å². The largest absolute Gasteiger partial charge is 0.492 e. The molecule has 1 N–H and O–H groups in total. The Balaban J connectivity index is 1.69. The molecule has 0 saturated heterocycles. The number of amides is 1. The lowest BCUT2D eigenvalue weighted by atomic mass is 10.2. The van der Waals surface area contributed by atoms with E-state index in [1.807, 2.05) is 68.4 Å². The van der Waals surface area contributed by atoms with Gasteiger partial charge in [0, 0.05) is 4.90 Å². The molecular weight excluding hydrogens is 294 g/mol. The Morgan fingerprint density at radius 1 is 1.18 bits per heavy atom. The van der Waals surface area contributed by atoms with Crippen molar-refractivity contribution in [3.8, 4) is 5.75 Å². The molecule has 22 heavy (non-hydrogen) atoms. The van der Waals surface area contributed by atoms with Gasteiger partial charge in [-0.2, -0.15) is 0 Å². The third kappa shape index (κ3) is 5.45. The molecule has 2 aromatic rings. The molecule has 1 atom stereocenters.